The smallest absolute Gasteiger partial charge is 0.0661 e. The first kappa shape index (κ1) is 32.7. The summed E-state index contributed by atoms with van der Waals surface area (Å²) in [6.07, 6.45) is 0. The van der Waals surface area contributed by atoms with Gasteiger partial charge in [-0.05, 0) is 94.7 Å². The van der Waals surface area contributed by atoms with E-state index in [-0.39, 0.29) is 0 Å². The Kier molecular flexibility index (Phi) is 7.90. The maximum absolute atomic E-state index is 2.44. The van der Waals surface area contributed by atoms with Crippen molar-refractivity contribution >= 4 is 108 Å². The second kappa shape index (κ2) is 13.5. The topological polar surface area (TPSA) is 6.48 Å². The summed E-state index contributed by atoms with van der Waals surface area (Å²) in [7, 11) is 0. The van der Waals surface area contributed by atoms with E-state index >= 15 is 0 Å². The zero-order valence-corrected chi connectivity index (χ0v) is 32.0. The maximum Gasteiger partial charge on any atom is 0.0661 e. The van der Waals surface area contributed by atoms with Crippen LogP contribution in [0.2, 0.25) is 0 Å². The second-order valence-electron chi connectivity index (χ2n) is 14.1. The first-order valence-electron chi connectivity index (χ1n) is 18.9. The van der Waals surface area contributed by atoms with Crippen LogP contribution in [-0.2, 0) is 0 Å². The van der Waals surface area contributed by atoms with Crippen LogP contribution in [0.5, 0.6) is 0 Å². The molecule has 0 saturated carbocycles. The molecule has 11 aromatic rings. The Morgan fingerprint density at radius 2 is 0.857 bits per heavy atom. The molecule has 0 aliphatic heterocycles. The van der Waals surface area contributed by atoms with Crippen LogP contribution in [0.1, 0.15) is 0 Å². The van der Waals surface area contributed by atoms with Gasteiger partial charge in [-0.3, -0.25) is 0 Å². The van der Waals surface area contributed by atoms with Crippen molar-refractivity contribution in [3.05, 3.63) is 206 Å². The Labute approximate surface area is 333 Å². The van der Waals surface area contributed by atoms with Crippen molar-refractivity contribution in [2.75, 3.05) is 9.80 Å². The van der Waals surface area contributed by atoms with Gasteiger partial charge in [-0.2, -0.15) is 0 Å². The molecule has 0 radical (unpaired) electrons. The normalized spacial score (nSPS) is 11.6. The average Bonchev–Trinajstić information content (AvgIpc) is 3.84. The fourth-order valence-electron chi connectivity index (χ4n) is 8.18. The molecule has 2 heterocycles. The van der Waals surface area contributed by atoms with Gasteiger partial charge in [0.05, 0.1) is 10.4 Å². The Hall–Kier alpha value is -6.72. The largest absolute Gasteiger partial charge is 0.310 e. The second-order valence-corrected chi connectivity index (χ2v) is 16.2. The highest BCUT2D eigenvalue weighted by molar-refractivity contribution is 7.27. The molecular weight excluding hydrogens is 717 g/mol. The number of nitrogens with zero attached hydrogens (tertiary/aromatic N) is 2. The molecule has 2 aromatic heterocycles. The Balaban J connectivity index is 1.20. The first-order valence-corrected chi connectivity index (χ1v) is 20.6. The Morgan fingerprint density at radius 3 is 1.62 bits per heavy atom. The van der Waals surface area contributed by atoms with E-state index in [4.69, 9.17) is 0 Å². The standard InChI is InChI=1S/C52H34N2S2/c1-4-14-35(15-5-1)36-24-27-40(28-25-36)54(39-19-8-3-9-20-39)48-34-42(33-47-45-30-26-37-16-10-11-21-43(37)51(45)56-52(47)48)53(38-17-6-2-7-18-38)41-29-31-50-46(32-41)44-22-12-13-23-49(44)55-50/h1-34H. The predicted molar refractivity (Wildman–Crippen MR) is 245 cm³/mol. The van der Waals surface area contributed by atoms with Gasteiger partial charge in [-0.15, -0.1) is 22.7 Å². The van der Waals surface area contributed by atoms with Crippen LogP contribution in [0.25, 0.3) is 62.2 Å². The van der Waals surface area contributed by atoms with E-state index in [1.54, 1.807) is 0 Å². The maximum atomic E-state index is 2.44. The van der Waals surface area contributed by atoms with Crippen molar-refractivity contribution < 1.29 is 0 Å². The monoisotopic (exact) mass is 750 g/mol. The number of hydrogen-bond acceptors (Lipinski definition) is 4. The lowest BCUT2D eigenvalue weighted by atomic mass is 10.0. The van der Waals surface area contributed by atoms with Crippen LogP contribution in [0.4, 0.5) is 34.1 Å². The summed E-state index contributed by atoms with van der Waals surface area (Å²) in [6, 6.07) is 75.1. The summed E-state index contributed by atoms with van der Waals surface area (Å²) in [5.41, 5.74) is 9.10. The van der Waals surface area contributed by atoms with E-state index in [1.807, 2.05) is 22.7 Å². The third-order valence-electron chi connectivity index (χ3n) is 10.8. The van der Waals surface area contributed by atoms with Crippen LogP contribution in [0.15, 0.2) is 206 Å². The van der Waals surface area contributed by atoms with Crippen molar-refractivity contribution in [3.63, 3.8) is 0 Å². The van der Waals surface area contributed by atoms with Gasteiger partial charge in [0.25, 0.3) is 0 Å². The van der Waals surface area contributed by atoms with Gasteiger partial charge < -0.3 is 9.80 Å². The fourth-order valence-corrected chi connectivity index (χ4v) is 10.6. The van der Waals surface area contributed by atoms with Crippen LogP contribution >= 0.6 is 22.7 Å². The minimum absolute atomic E-state index is 1.10. The van der Waals surface area contributed by atoms with E-state index in [9.17, 15) is 0 Å². The Morgan fingerprint density at radius 1 is 0.286 bits per heavy atom. The van der Waals surface area contributed by atoms with Gasteiger partial charge in [0.1, 0.15) is 0 Å². The molecule has 4 heteroatoms. The Bertz CT molecular complexity index is 3190. The molecule has 0 saturated heterocycles. The molecule has 264 valence electrons. The molecule has 0 unspecified atom stereocenters. The van der Waals surface area contributed by atoms with Crippen molar-refractivity contribution in [3.8, 4) is 11.1 Å². The zero-order valence-electron chi connectivity index (χ0n) is 30.3. The lowest BCUT2D eigenvalue weighted by molar-refractivity contribution is 1.27. The van der Waals surface area contributed by atoms with Crippen LogP contribution in [0.3, 0.4) is 0 Å². The lowest BCUT2D eigenvalue weighted by Crippen LogP contribution is -2.13. The fraction of sp³-hybridized carbons (Fsp3) is 0. The SMILES string of the molecule is c1ccc(-c2ccc(N(c3ccccc3)c3cc(N(c4ccccc4)c4ccc5sc6ccccc6c5c4)cc4c3sc3c5ccccc5ccc43)cc2)cc1. The number of rotatable bonds is 7. The highest BCUT2D eigenvalue weighted by Gasteiger charge is 2.23. The number of hydrogen-bond donors (Lipinski definition) is 0. The molecule has 11 rings (SSSR count). The van der Waals surface area contributed by atoms with Crippen molar-refractivity contribution in [2.45, 2.75) is 0 Å². The molecule has 56 heavy (non-hydrogen) atoms. The van der Waals surface area contributed by atoms with Crippen molar-refractivity contribution in [2.24, 2.45) is 0 Å². The number of thiophene rings is 2. The van der Waals surface area contributed by atoms with Crippen molar-refractivity contribution in [1.82, 2.24) is 0 Å². The predicted octanol–water partition coefficient (Wildman–Crippen LogP) is 16.2. The van der Waals surface area contributed by atoms with Gasteiger partial charge in [-0.25, -0.2) is 0 Å². The van der Waals surface area contributed by atoms with E-state index in [2.05, 4.69) is 216 Å². The molecular formula is C52H34N2S2. The summed E-state index contributed by atoms with van der Waals surface area (Å²) in [6.45, 7) is 0. The summed E-state index contributed by atoms with van der Waals surface area (Å²) in [4.78, 5) is 4.87. The molecule has 0 atom stereocenters. The van der Waals surface area contributed by atoms with Crippen LogP contribution < -0.4 is 9.80 Å². The molecule has 0 spiro atoms. The number of anilines is 6. The minimum atomic E-state index is 1.10. The minimum Gasteiger partial charge on any atom is -0.310 e. The van der Waals surface area contributed by atoms with Crippen molar-refractivity contribution in [1.29, 1.82) is 0 Å². The van der Waals surface area contributed by atoms with Crippen LogP contribution in [0, 0.1) is 0 Å². The van der Waals surface area contributed by atoms with E-state index in [1.165, 1.54) is 62.2 Å². The lowest BCUT2D eigenvalue weighted by Gasteiger charge is -2.30. The number of fused-ring (bicyclic) bond motifs is 8. The van der Waals surface area contributed by atoms with E-state index < -0.39 is 0 Å². The molecule has 2 nitrogen and oxygen atoms in total. The summed E-state index contributed by atoms with van der Waals surface area (Å²) in [5, 5.41) is 7.63. The van der Waals surface area contributed by atoms with E-state index in [0.29, 0.717) is 0 Å². The molecule has 9 aromatic carbocycles. The molecule has 0 aliphatic rings. The summed E-state index contributed by atoms with van der Waals surface area (Å²) in [5.74, 6) is 0. The third-order valence-corrected chi connectivity index (χ3v) is 13.2. The zero-order chi connectivity index (χ0) is 37.0. The van der Waals surface area contributed by atoms with Gasteiger partial charge in [0.15, 0.2) is 0 Å². The quantitative estimate of drug-likeness (QED) is 0.160. The highest BCUT2D eigenvalue weighted by atomic mass is 32.1. The van der Waals surface area contributed by atoms with E-state index in [0.717, 1.165) is 34.1 Å². The summed E-state index contributed by atoms with van der Waals surface area (Å²) >= 11 is 3.75. The molecule has 0 fully saturated rings. The van der Waals surface area contributed by atoms with Crippen LogP contribution in [-0.4, -0.2) is 0 Å². The summed E-state index contributed by atoms with van der Waals surface area (Å²) < 4.78 is 5.16. The third kappa shape index (κ3) is 5.53. The number of benzene rings is 9. The van der Waals surface area contributed by atoms with Gasteiger partial charge in [0, 0.05) is 64.1 Å². The average molecular weight is 751 g/mol. The van der Waals surface area contributed by atoms with Gasteiger partial charge in [0.2, 0.25) is 0 Å². The molecule has 0 bridgehead atoms. The highest BCUT2D eigenvalue weighted by Crippen LogP contribution is 2.50. The van der Waals surface area contributed by atoms with Gasteiger partial charge in [-0.1, -0.05) is 133 Å². The molecule has 0 aliphatic carbocycles. The van der Waals surface area contributed by atoms with Gasteiger partial charge >= 0.3 is 0 Å². The number of para-hydroxylation sites is 2. The molecule has 0 N–H and O–H groups in total. The first-order chi connectivity index (χ1) is 27.8. The molecule has 0 amide bonds.